The average Bonchev–Trinajstić information content (AvgIpc) is 2.49. The molecule has 0 spiro atoms. The molecule has 2 aliphatic heterocycles. The minimum absolute atomic E-state index is 0.0543. The fourth-order valence-electron chi connectivity index (χ4n) is 3.92. The Kier molecular flexibility index (Phi) is 3.81. The van der Waals surface area contributed by atoms with Crippen LogP contribution in [-0.2, 0) is 17.1 Å². The molecule has 1 atom stereocenters. The third-order valence-electron chi connectivity index (χ3n) is 5.53. The van der Waals surface area contributed by atoms with Gasteiger partial charge < -0.3 is 14.9 Å². The lowest BCUT2D eigenvalue weighted by molar-refractivity contribution is -0.138. The number of alkyl halides is 2. The molecule has 1 aromatic heterocycles. The van der Waals surface area contributed by atoms with E-state index in [1.165, 1.54) is 0 Å². The maximum atomic E-state index is 14.5. The fourth-order valence-corrected chi connectivity index (χ4v) is 3.92. The second kappa shape index (κ2) is 5.78. The van der Waals surface area contributed by atoms with E-state index in [1.54, 1.807) is 0 Å². The maximum absolute atomic E-state index is 14.5. The Morgan fingerprint density at radius 1 is 1.36 bits per heavy atom. The van der Waals surface area contributed by atoms with E-state index in [0.717, 1.165) is 13.0 Å². The predicted molar refractivity (Wildman–Crippen MR) is 88.2 cm³/mol. The summed E-state index contributed by atoms with van der Waals surface area (Å²) in [6.07, 6.45) is 1.91. The third-order valence-corrected chi connectivity index (χ3v) is 5.53. The Bertz CT molecular complexity index is 706. The van der Waals surface area contributed by atoms with Crippen LogP contribution in [0.5, 0.6) is 0 Å². The quantitative estimate of drug-likeness (QED) is 0.897. The van der Waals surface area contributed by atoms with Crippen molar-refractivity contribution in [1.82, 2.24) is 9.97 Å². The number of aliphatic carboxylic acids is 1. The lowest BCUT2D eigenvalue weighted by Crippen LogP contribution is -2.50. The molecule has 136 valence electrons. The number of carboxylic acid groups (broad SMARTS) is 1. The monoisotopic (exact) mass is 352 g/mol. The first-order valence-corrected chi connectivity index (χ1v) is 8.88. The molecule has 0 aromatic carbocycles. The van der Waals surface area contributed by atoms with Crippen molar-refractivity contribution >= 4 is 17.7 Å². The van der Waals surface area contributed by atoms with Crippen molar-refractivity contribution in [3.63, 3.8) is 0 Å². The number of nitrogens with zero attached hydrogens (tertiary/aromatic N) is 4. The lowest BCUT2D eigenvalue weighted by atomic mass is 9.90. The molecule has 3 heterocycles. The van der Waals surface area contributed by atoms with Crippen LogP contribution < -0.4 is 9.80 Å². The van der Waals surface area contributed by atoms with Gasteiger partial charge in [-0.05, 0) is 26.2 Å². The van der Waals surface area contributed by atoms with Crippen molar-refractivity contribution in [3.8, 4) is 0 Å². The first-order chi connectivity index (χ1) is 11.8. The number of hydrogen-bond acceptors (Lipinski definition) is 5. The molecular weight excluding hydrogens is 330 g/mol. The summed E-state index contributed by atoms with van der Waals surface area (Å²) in [6.45, 7) is 3.93. The molecule has 1 aromatic rings. The predicted octanol–water partition coefficient (Wildman–Crippen LogP) is 2.41. The van der Waals surface area contributed by atoms with Crippen LogP contribution in [0, 0.1) is 5.92 Å². The molecule has 1 N–H and O–H groups in total. The molecular formula is C17H22F2N4O2. The lowest BCUT2D eigenvalue weighted by Gasteiger charge is -2.43. The summed E-state index contributed by atoms with van der Waals surface area (Å²) < 4.78 is 28.9. The Hall–Kier alpha value is -1.99. The summed E-state index contributed by atoms with van der Waals surface area (Å²) in [5.74, 6) is -2.72. The molecule has 6 nitrogen and oxygen atoms in total. The van der Waals surface area contributed by atoms with Crippen molar-refractivity contribution < 1.29 is 18.7 Å². The zero-order chi connectivity index (χ0) is 17.8. The summed E-state index contributed by atoms with van der Waals surface area (Å²) in [7, 11) is 0. The van der Waals surface area contributed by atoms with E-state index >= 15 is 0 Å². The standard InChI is InChI=1S/C17H22F2N4O2/c1-10-4-6-23(10)16-20-14-12(3-2-5-17(14,18)19)15(21-16)22-8-11(9-22)7-13(24)25/h10-11H,2-9H2,1H3,(H,24,25)/t10-/m0/s1. The number of rotatable bonds is 4. The van der Waals surface area contributed by atoms with Crippen LogP contribution in [0.3, 0.4) is 0 Å². The van der Waals surface area contributed by atoms with Gasteiger partial charge in [-0.2, -0.15) is 13.8 Å². The molecule has 0 bridgehead atoms. The SMILES string of the molecule is C[C@H]1CCN1c1nc(N2CC(CC(=O)O)C2)c2c(n1)C(F)(F)CCC2. The second-order valence-electron chi connectivity index (χ2n) is 7.43. The van der Waals surface area contributed by atoms with Crippen LogP contribution in [0.4, 0.5) is 20.5 Å². The largest absolute Gasteiger partial charge is 0.481 e. The highest BCUT2D eigenvalue weighted by atomic mass is 19.3. The minimum atomic E-state index is -2.92. The van der Waals surface area contributed by atoms with Crippen molar-refractivity contribution in [2.45, 2.75) is 51.0 Å². The molecule has 1 aliphatic carbocycles. The summed E-state index contributed by atoms with van der Waals surface area (Å²) in [6, 6.07) is 0.263. The van der Waals surface area contributed by atoms with Crippen LogP contribution in [0.15, 0.2) is 0 Å². The van der Waals surface area contributed by atoms with E-state index in [9.17, 15) is 13.6 Å². The van der Waals surface area contributed by atoms with Gasteiger partial charge in [-0.1, -0.05) is 0 Å². The van der Waals surface area contributed by atoms with Crippen molar-refractivity contribution in [2.75, 3.05) is 29.4 Å². The molecule has 0 amide bonds. The average molecular weight is 352 g/mol. The number of anilines is 2. The molecule has 8 heteroatoms. The third kappa shape index (κ3) is 2.81. The van der Waals surface area contributed by atoms with Gasteiger partial charge in [0, 0.05) is 43.6 Å². The minimum Gasteiger partial charge on any atom is -0.481 e. The van der Waals surface area contributed by atoms with Crippen molar-refractivity contribution in [3.05, 3.63) is 11.3 Å². The first-order valence-electron chi connectivity index (χ1n) is 8.88. The van der Waals surface area contributed by atoms with Gasteiger partial charge in [0.25, 0.3) is 5.92 Å². The second-order valence-corrected chi connectivity index (χ2v) is 7.43. The Morgan fingerprint density at radius 3 is 2.72 bits per heavy atom. The molecule has 3 aliphatic rings. The Labute approximate surface area is 144 Å². The van der Waals surface area contributed by atoms with Crippen molar-refractivity contribution in [1.29, 1.82) is 0 Å². The van der Waals surface area contributed by atoms with Gasteiger partial charge in [0.1, 0.15) is 11.5 Å². The zero-order valence-electron chi connectivity index (χ0n) is 14.2. The molecule has 2 saturated heterocycles. The number of fused-ring (bicyclic) bond motifs is 1. The molecule has 0 radical (unpaired) electrons. The zero-order valence-corrected chi connectivity index (χ0v) is 14.2. The van der Waals surface area contributed by atoms with Crippen LogP contribution in [0.2, 0.25) is 0 Å². The van der Waals surface area contributed by atoms with Gasteiger partial charge in [0.15, 0.2) is 0 Å². The number of carbonyl (C=O) groups is 1. The van der Waals surface area contributed by atoms with E-state index in [0.29, 0.717) is 43.3 Å². The fraction of sp³-hybridized carbons (Fsp3) is 0.706. The van der Waals surface area contributed by atoms with Crippen LogP contribution >= 0.6 is 0 Å². The van der Waals surface area contributed by atoms with Gasteiger partial charge in [0.2, 0.25) is 5.95 Å². The Balaban J connectivity index is 1.68. The number of hydrogen-bond donors (Lipinski definition) is 1. The highest BCUT2D eigenvalue weighted by Gasteiger charge is 2.43. The smallest absolute Gasteiger partial charge is 0.303 e. The highest BCUT2D eigenvalue weighted by molar-refractivity contribution is 5.68. The van der Waals surface area contributed by atoms with Gasteiger partial charge in [-0.25, -0.2) is 4.98 Å². The number of carboxylic acids is 1. The van der Waals surface area contributed by atoms with Gasteiger partial charge >= 0.3 is 5.97 Å². The van der Waals surface area contributed by atoms with Crippen LogP contribution in [-0.4, -0.2) is 46.7 Å². The summed E-state index contributed by atoms with van der Waals surface area (Å²) in [5, 5.41) is 8.90. The van der Waals surface area contributed by atoms with Gasteiger partial charge in [-0.15, -0.1) is 0 Å². The molecule has 0 unspecified atom stereocenters. The topological polar surface area (TPSA) is 69.6 Å². The van der Waals surface area contributed by atoms with E-state index in [2.05, 4.69) is 9.97 Å². The van der Waals surface area contributed by atoms with E-state index in [4.69, 9.17) is 5.11 Å². The van der Waals surface area contributed by atoms with Gasteiger partial charge in [0.05, 0.1) is 6.42 Å². The van der Waals surface area contributed by atoms with E-state index < -0.39 is 11.9 Å². The number of halogens is 2. The van der Waals surface area contributed by atoms with Crippen LogP contribution in [0.1, 0.15) is 43.9 Å². The molecule has 0 saturated carbocycles. The van der Waals surface area contributed by atoms with E-state index in [-0.39, 0.29) is 30.5 Å². The van der Waals surface area contributed by atoms with Crippen LogP contribution in [0.25, 0.3) is 0 Å². The highest BCUT2D eigenvalue weighted by Crippen LogP contribution is 2.44. The maximum Gasteiger partial charge on any atom is 0.303 e. The van der Waals surface area contributed by atoms with Crippen molar-refractivity contribution in [2.24, 2.45) is 5.92 Å². The van der Waals surface area contributed by atoms with E-state index in [1.807, 2.05) is 16.7 Å². The Morgan fingerprint density at radius 2 is 2.12 bits per heavy atom. The molecule has 25 heavy (non-hydrogen) atoms. The number of aromatic nitrogens is 2. The summed E-state index contributed by atoms with van der Waals surface area (Å²) in [5.41, 5.74) is 0.418. The summed E-state index contributed by atoms with van der Waals surface area (Å²) >= 11 is 0. The normalized spacial score (nSPS) is 25.2. The molecule has 4 rings (SSSR count). The molecule has 2 fully saturated rings. The van der Waals surface area contributed by atoms with Gasteiger partial charge in [-0.3, -0.25) is 4.79 Å². The first kappa shape index (κ1) is 16.5. The summed E-state index contributed by atoms with van der Waals surface area (Å²) in [4.78, 5) is 23.6.